The maximum atomic E-state index is 10.8. The van der Waals surface area contributed by atoms with E-state index < -0.39 is 0 Å². The molecule has 1 rings (SSSR count). The Labute approximate surface area is 97.6 Å². The first-order chi connectivity index (χ1) is 7.22. The van der Waals surface area contributed by atoms with Crippen molar-refractivity contribution in [1.82, 2.24) is 10.4 Å². The molecule has 0 spiro atoms. The molecule has 0 atom stereocenters. The molecule has 4 nitrogen and oxygen atoms in total. The van der Waals surface area contributed by atoms with Crippen LogP contribution in [-0.4, -0.2) is 16.6 Å². The Morgan fingerprint density at radius 3 is 3.00 bits per heavy atom. The first-order valence-corrected chi connectivity index (χ1v) is 5.82. The Morgan fingerprint density at radius 2 is 2.40 bits per heavy atom. The number of nitrogens with two attached hydrogens (primary N) is 1. The van der Waals surface area contributed by atoms with E-state index in [1.54, 1.807) is 24.0 Å². The molecular formula is C9H12ClN3OS. The number of halogens is 1. The quantitative estimate of drug-likeness (QED) is 0.272. The summed E-state index contributed by atoms with van der Waals surface area (Å²) in [4.78, 5) is 14.9. The lowest BCUT2D eigenvalue weighted by Crippen LogP contribution is -2.29. The summed E-state index contributed by atoms with van der Waals surface area (Å²) in [5.74, 6) is 5.64. The van der Waals surface area contributed by atoms with Gasteiger partial charge in [0.25, 0.3) is 0 Å². The number of pyridine rings is 1. The minimum absolute atomic E-state index is 0.139. The summed E-state index contributed by atoms with van der Waals surface area (Å²) in [5, 5.41) is 1.54. The largest absolute Gasteiger partial charge is 0.294 e. The van der Waals surface area contributed by atoms with E-state index in [1.165, 1.54) is 0 Å². The monoisotopic (exact) mass is 245 g/mol. The van der Waals surface area contributed by atoms with Crippen LogP contribution in [-0.2, 0) is 4.79 Å². The van der Waals surface area contributed by atoms with Gasteiger partial charge >= 0.3 is 0 Å². The van der Waals surface area contributed by atoms with Crippen molar-refractivity contribution in [3.8, 4) is 0 Å². The van der Waals surface area contributed by atoms with Crippen LogP contribution in [0, 0.1) is 0 Å². The normalized spacial score (nSPS) is 10.0. The first kappa shape index (κ1) is 12.3. The summed E-state index contributed by atoms with van der Waals surface area (Å²) in [7, 11) is 0. The molecule has 0 aromatic carbocycles. The van der Waals surface area contributed by atoms with Gasteiger partial charge in [-0.2, -0.15) is 0 Å². The fraction of sp³-hybridized carbons (Fsp3) is 0.333. The van der Waals surface area contributed by atoms with Gasteiger partial charge in [-0.3, -0.25) is 10.2 Å². The van der Waals surface area contributed by atoms with E-state index in [1.807, 2.05) is 6.07 Å². The number of carbonyl (C=O) groups is 1. The lowest BCUT2D eigenvalue weighted by Gasteiger charge is -2.00. The molecule has 0 saturated heterocycles. The second-order valence-corrected chi connectivity index (χ2v) is 4.39. The van der Waals surface area contributed by atoms with Crippen molar-refractivity contribution < 1.29 is 4.79 Å². The molecule has 0 bridgehead atoms. The van der Waals surface area contributed by atoms with Gasteiger partial charge in [0, 0.05) is 12.6 Å². The molecule has 0 unspecified atom stereocenters. The van der Waals surface area contributed by atoms with Crippen LogP contribution in [0.3, 0.4) is 0 Å². The Bertz CT molecular complexity index is 318. The van der Waals surface area contributed by atoms with E-state index in [-0.39, 0.29) is 5.91 Å². The lowest BCUT2D eigenvalue weighted by molar-refractivity contribution is -0.121. The average molecular weight is 246 g/mol. The predicted molar refractivity (Wildman–Crippen MR) is 61.5 cm³/mol. The Kier molecular flexibility index (Phi) is 5.45. The highest BCUT2D eigenvalue weighted by molar-refractivity contribution is 7.99. The molecular weight excluding hydrogens is 234 g/mol. The van der Waals surface area contributed by atoms with E-state index in [0.29, 0.717) is 11.4 Å². The van der Waals surface area contributed by atoms with Crippen LogP contribution >= 0.6 is 23.4 Å². The maximum Gasteiger partial charge on any atom is 0.233 e. The Morgan fingerprint density at radius 1 is 1.60 bits per heavy atom. The molecule has 1 amide bonds. The molecule has 0 aliphatic rings. The predicted octanol–water partition coefficient (Wildman–Crippen LogP) is 1.60. The van der Waals surface area contributed by atoms with Crippen molar-refractivity contribution in [3.05, 3.63) is 23.4 Å². The number of hydrogen-bond donors (Lipinski definition) is 2. The number of nitrogens with one attached hydrogen (secondary N) is 1. The van der Waals surface area contributed by atoms with Crippen molar-refractivity contribution >= 4 is 29.3 Å². The van der Waals surface area contributed by atoms with Gasteiger partial charge in [0.05, 0.1) is 10.0 Å². The number of aromatic nitrogens is 1. The van der Waals surface area contributed by atoms with Gasteiger partial charge in [0.15, 0.2) is 0 Å². The van der Waals surface area contributed by atoms with Gasteiger partial charge < -0.3 is 0 Å². The second-order valence-electron chi connectivity index (χ2n) is 2.83. The summed E-state index contributed by atoms with van der Waals surface area (Å²) in [6.45, 7) is 0. The molecule has 0 aliphatic heterocycles. The highest BCUT2D eigenvalue weighted by atomic mass is 35.5. The number of rotatable bonds is 5. The Balaban J connectivity index is 2.20. The molecule has 15 heavy (non-hydrogen) atoms. The first-order valence-electron chi connectivity index (χ1n) is 4.46. The van der Waals surface area contributed by atoms with Crippen molar-refractivity contribution in [3.63, 3.8) is 0 Å². The van der Waals surface area contributed by atoms with Gasteiger partial charge in [0.2, 0.25) is 5.91 Å². The van der Waals surface area contributed by atoms with Crippen LogP contribution in [0.25, 0.3) is 0 Å². The zero-order valence-corrected chi connectivity index (χ0v) is 9.64. The van der Waals surface area contributed by atoms with Gasteiger partial charge in [-0.05, 0) is 24.3 Å². The zero-order chi connectivity index (χ0) is 11.1. The SMILES string of the molecule is NNC(=O)CCCSc1ccc(Cl)cn1. The molecule has 1 aromatic rings. The van der Waals surface area contributed by atoms with E-state index in [9.17, 15) is 4.79 Å². The van der Waals surface area contributed by atoms with E-state index in [4.69, 9.17) is 17.4 Å². The third-order valence-electron chi connectivity index (χ3n) is 1.66. The summed E-state index contributed by atoms with van der Waals surface area (Å²) in [5.41, 5.74) is 2.09. The highest BCUT2D eigenvalue weighted by Crippen LogP contribution is 2.18. The second kappa shape index (κ2) is 6.66. The van der Waals surface area contributed by atoms with Crippen molar-refractivity contribution in [1.29, 1.82) is 0 Å². The van der Waals surface area contributed by atoms with Gasteiger partial charge in [-0.1, -0.05) is 11.6 Å². The van der Waals surface area contributed by atoms with Gasteiger partial charge in [-0.15, -0.1) is 11.8 Å². The van der Waals surface area contributed by atoms with Crippen LogP contribution in [0.1, 0.15) is 12.8 Å². The smallest absolute Gasteiger partial charge is 0.233 e. The summed E-state index contributed by atoms with van der Waals surface area (Å²) < 4.78 is 0. The molecule has 0 fully saturated rings. The lowest BCUT2D eigenvalue weighted by atomic mass is 10.3. The van der Waals surface area contributed by atoms with Gasteiger partial charge in [-0.25, -0.2) is 10.8 Å². The van der Waals surface area contributed by atoms with Gasteiger partial charge in [0.1, 0.15) is 0 Å². The number of hydrazine groups is 1. The summed E-state index contributed by atoms with van der Waals surface area (Å²) in [6.07, 6.45) is 2.82. The standard InChI is InChI=1S/C9H12ClN3OS/c10-7-3-4-9(12-6-7)15-5-1-2-8(14)13-11/h3-4,6H,1-2,5,11H2,(H,13,14). The molecule has 0 radical (unpaired) electrons. The van der Waals surface area contributed by atoms with Crippen molar-refractivity contribution in [2.45, 2.75) is 17.9 Å². The maximum absolute atomic E-state index is 10.8. The Hall–Kier alpha value is -0.780. The number of thioether (sulfide) groups is 1. The fourth-order valence-corrected chi connectivity index (χ4v) is 1.83. The molecule has 3 N–H and O–H groups in total. The summed E-state index contributed by atoms with van der Waals surface area (Å²) >= 11 is 7.29. The molecule has 0 aliphatic carbocycles. The number of nitrogens with zero attached hydrogens (tertiary/aromatic N) is 1. The van der Waals surface area contributed by atoms with Crippen LogP contribution in [0.2, 0.25) is 5.02 Å². The van der Waals surface area contributed by atoms with E-state index in [0.717, 1.165) is 17.2 Å². The molecule has 1 heterocycles. The highest BCUT2D eigenvalue weighted by Gasteiger charge is 1.99. The van der Waals surface area contributed by atoms with E-state index in [2.05, 4.69) is 10.4 Å². The van der Waals surface area contributed by atoms with Crippen LogP contribution in [0.4, 0.5) is 0 Å². The molecule has 82 valence electrons. The molecule has 1 aromatic heterocycles. The third-order valence-corrected chi connectivity index (χ3v) is 2.91. The van der Waals surface area contributed by atoms with Crippen LogP contribution in [0.15, 0.2) is 23.4 Å². The molecule has 0 saturated carbocycles. The minimum atomic E-state index is -0.139. The number of amides is 1. The zero-order valence-electron chi connectivity index (χ0n) is 8.07. The average Bonchev–Trinajstić information content (AvgIpc) is 2.26. The van der Waals surface area contributed by atoms with Crippen molar-refractivity contribution in [2.75, 3.05) is 5.75 Å². The van der Waals surface area contributed by atoms with Crippen molar-refractivity contribution in [2.24, 2.45) is 5.84 Å². The minimum Gasteiger partial charge on any atom is -0.294 e. The summed E-state index contributed by atoms with van der Waals surface area (Å²) in [6, 6.07) is 3.65. The number of carbonyl (C=O) groups excluding carboxylic acids is 1. The number of hydrogen-bond acceptors (Lipinski definition) is 4. The fourth-order valence-electron chi connectivity index (χ4n) is 0.929. The van der Waals surface area contributed by atoms with Crippen LogP contribution < -0.4 is 11.3 Å². The molecule has 6 heteroatoms. The topological polar surface area (TPSA) is 68.0 Å². The van der Waals surface area contributed by atoms with E-state index >= 15 is 0 Å². The third kappa shape index (κ3) is 5.01. The van der Waals surface area contributed by atoms with Crippen LogP contribution in [0.5, 0.6) is 0 Å².